The first kappa shape index (κ1) is 20.8. The molecule has 0 N–H and O–H groups in total. The van der Waals surface area contributed by atoms with Crippen LogP contribution in [-0.2, 0) is 18.3 Å². The molecule has 0 spiro atoms. The normalized spacial score (nSPS) is 20.5. The van der Waals surface area contributed by atoms with Gasteiger partial charge in [-0.2, -0.15) is 0 Å². The molecule has 1 aromatic carbocycles. The van der Waals surface area contributed by atoms with Crippen molar-refractivity contribution < 1.29 is 9.30 Å². The number of benzene rings is 1. The molecule has 31 heavy (non-hydrogen) atoms. The molecule has 0 bridgehead atoms. The molecule has 5 rings (SSSR count). The van der Waals surface area contributed by atoms with Crippen LogP contribution < -0.4 is 24.2 Å². The van der Waals surface area contributed by atoms with Crippen molar-refractivity contribution in [2.24, 2.45) is 7.05 Å². The minimum absolute atomic E-state index is 0.0404. The zero-order valence-electron chi connectivity index (χ0n) is 17.4. The summed E-state index contributed by atoms with van der Waals surface area (Å²) >= 11 is 9.38. The fourth-order valence-corrected chi connectivity index (χ4v) is 6.52. The van der Waals surface area contributed by atoms with E-state index in [9.17, 15) is 4.79 Å². The predicted molar refractivity (Wildman–Crippen MR) is 127 cm³/mol. The maximum Gasteiger partial charge on any atom is 0.271 e. The number of pyridine rings is 1. The SMILES string of the molecule is CN1C(=c2sc(=Cc3cccc[n+]3C)n(CC3CCCO3)c2=O)Sc2ccc(Cl)cc21. The van der Waals surface area contributed by atoms with Gasteiger partial charge < -0.3 is 9.64 Å². The molecule has 0 aliphatic carbocycles. The van der Waals surface area contributed by atoms with Crippen molar-refractivity contribution in [1.82, 2.24) is 4.57 Å². The first-order valence-corrected chi connectivity index (χ1v) is 12.3. The number of aryl methyl sites for hydroxylation is 1. The highest BCUT2D eigenvalue weighted by Crippen LogP contribution is 2.46. The number of rotatable bonds is 3. The number of nitrogens with zero attached hydrogens (tertiary/aromatic N) is 3. The summed E-state index contributed by atoms with van der Waals surface area (Å²) in [4.78, 5) is 16.8. The number of halogens is 1. The molecule has 2 aliphatic rings. The van der Waals surface area contributed by atoms with Crippen LogP contribution in [0.25, 0.3) is 11.1 Å². The molecule has 4 heterocycles. The van der Waals surface area contributed by atoms with Crippen LogP contribution in [0.3, 0.4) is 0 Å². The summed E-state index contributed by atoms with van der Waals surface area (Å²) in [6, 6.07) is 11.9. The highest BCUT2D eigenvalue weighted by molar-refractivity contribution is 8.08. The average molecular weight is 473 g/mol. The van der Waals surface area contributed by atoms with Crippen LogP contribution in [0, 0.1) is 0 Å². The monoisotopic (exact) mass is 472 g/mol. The number of thioether (sulfide) groups is 1. The summed E-state index contributed by atoms with van der Waals surface area (Å²) < 4.78 is 11.5. The number of hydrogen-bond donors (Lipinski definition) is 0. The number of thiazole rings is 1. The summed E-state index contributed by atoms with van der Waals surface area (Å²) in [6.45, 7) is 1.35. The molecular formula is C23H23ClN3O2S2+. The molecule has 2 aromatic heterocycles. The van der Waals surface area contributed by atoms with Crippen molar-refractivity contribution in [3.05, 3.63) is 72.9 Å². The smallest absolute Gasteiger partial charge is 0.271 e. The third-order valence-corrected chi connectivity index (χ3v) is 8.40. The molecular weight excluding hydrogens is 450 g/mol. The number of aromatic nitrogens is 2. The van der Waals surface area contributed by atoms with E-state index in [4.69, 9.17) is 16.3 Å². The molecule has 1 unspecified atom stereocenters. The van der Waals surface area contributed by atoms with E-state index in [1.54, 1.807) is 23.1 Å². The van der Waals surface area contributed by atoms with Crippen LogP contribution in [0.15, 0.2) is 52.3 Å². The standard InChI is InChI=1S/C23H23ClN3O2S2/c1-25-10-4-3-6-16(25)13-20-27(14-17-7-5-11-29-17)22(28)21(31-20)23-26(2)18-12-15(24)8-9-19(18)30-23/h3-4,6,8-10,12-13,17H,5,7,11,14H2,1-2H3/q+1. The van der Waals surface area contributed by atoms with Crippen molar-refractivity contribution in [3.8, 4) is 0 Å². The maximum absolute atomic E-state index is 13.6. The molecule has 160 valence electrons. The van der Waals surface area contributed by atoms with Crippen molar-refractivity contribution in [1.29, 1.82) is 0 Å². The minimum atomic E-state index is 0.0404. The van der Waals surface area contributed by atoms with Crippen molar-refractivity contribution in [2.75, 3.05) is 18.6 Å². The molecule has 8 heteroatoms. The second kappa shape index (κ2) is 8.47. The van der Waals surface area contributed by atoms with Gasteiger partial charge in [0.05, 0.1) is 18.3 Å². The van der Waals surface area contributed by atoms with Crippen LogP contribution in [0.2, 0.25) is 5.02 Å². The van der Waals surface area contributed by atoms with E-state index < -0.39 is 0 Å². The Morgan fingerprint density at radius 3 is 2.97 bits per heavy atom. The maximum atomic E-state index is 13.6. The zero-order chi connectivity index (χ0) is 21.5. The lowest BCUT2D eigenvalue weighted by atomic mass is 10.2. The van der Waals surface area contributed by atoms with Gasteiger partial charge >= 0.3 is 0 Å². The number of anilines is 1. The Hall–Kier alpha value is -2.06. The summed E-state index contributed by atoms with van der Waals surface area (Å²) in [5.74, 6) is 0. The second-order valence-corrected chi connectivity index (χ2v) is 10.3. The molecule has 5 nitrogen and oxygen atoms in total. The molecule has 1 fully saturated rings. The van der Waals surface area contributed by atoms with E-state index >= 15 is 0 Å². The fraction of sp³-hybridized carbons (Fsp3) is 0.304. The molecule has 0 amide bonds. The first-order chi connectivity index (χ1) is 15.0. The van der Waals surface area contributed by atoms with Gasteiger partial charge in [-0.25, -0.2) is 4.57 Å². The van der Waals surface area contributed by atoms with Gasteiger partial charge in [0.15, 0.2) is 6.20 Å². The largest absolute Gasteiger partial charge is 0.376 e. The van der Waals surface area contributed by atoms with E-state index in [-0.39, 0.29) is 11.7 Å². The van der Waals surface area contributed by atoms with Gasteiger partial charge in [-0.1, -0.05) is 23.4 Å². The first-order valence-electron chi connectivity index (χ1n) is 10.2. The van der Waals surface area contributed by atoms with E-state index in [2.05, 4.69) is 21.6 Å². The Labute approximate surface area is 193 Å². The van der Waals surface area contributed by atoms with Gasteiger partial charge in [-0.3, -0.25) is 9.36 Å². The van der Waals surface area contributed by atoms with Crippen LogP contribution in [0.4, 0.5) is 5.69 Å². The van der Waals surface area contributed by atoms with Gasteiger partial charge in [0.25, 0.3) is 5.56 Å². The van der Waals surface area contributed by atoms with Gasteiger partial charge in [-0.15, -0.1) is 11.3 Å². The number of ether oxygens (including phenoxy) is 1. The third kappa shape index (κ3) is 3.96. The predicted octanol–water partition coefficient (Wildman–Crippen LogP) is 2.70. The van der Waals surface area contributed by atoms with Crippen LogP contribution in [0.5, 0.6) is 0 Å². The Morgan fingerprint density at radius 2 is 2.19 bits per heavy atom. The van der Waals surface area contributed by atoms with E-state index in [0.29, 0.717) is 11.6 Å². The molecule has 0 radical (unpaired) electrons. The van der Waals surface area contributed by atoms with Crippen molar-refractivity contribution in [3.63, 3.8) is 0 Å². The van der Waals surface area contributed by atoms with Crippen molar-refractivity contribution in [2.45, 2.75) is 30.4 Å². The Kier molecular flexibility index (Phi) is 5.69. The van der Waals surface area contributed by atoms with Gasteiger partial charge in [0.2, 0.25) is 5.69 Å². The fourth-order valence-electron chi connectivity index (χ4n) is 3.97. The number of hydrogen-bond acceptors (Lipinski definition) is 5. The summed E-state index contributed by atoms with van der Waals surface area (Å²) in [5.41, 5.74) is 2.12. The highest BCUT2D eigenvalue weighted by Gasteiger charge is 2.26. The average Bonchev–Trinajstić information content (AvgIpc) is 3.45. The Bertz CT molecular complexity index is 1330. The lowest BCUT2D eigenvalue weighted by molar-refractivity contribution is -0.673. The van der Waals surface area contributed by atoms with E-state index in [1.807, 2.05) is 55.2 Å². The molecule has 1 saturated heterocycles. The lowest BCUT2D eigenvalue weighted by Gasteiger charge is -2.12. The summed E-state index contributed by atoms with van der Waals surface area (Å²) in [6.07, 6.45) is 6.24. The van der Waals surface area contributed by atoms with Crippen LogP contribution >= 0.6 is 34.7 Å². The van der Waals surface area contributed by atoms with Gasteiger partial charge in [0, 0.05) is 41.8 Å². The molecule has 1 atom stereocenters. The number of fused-ring (bicyclic) bond motifs is 1. The van der Waals surface area contributed by atoms with Crippen molar-refractivity contribution >= 4 is 51.5 Å². The molecule has 2 aliphatic heterocycles. The molecule has 3 aromatic rings. The molecule has 0 saturated carbocycles. The minimum Gasteiger partial charge on any atom is -0.376 e. The third-order valence-electron chi connectivity index (χ3n) is 5.68. The topological polar surface area (TPSA) is 38.4 Å². The van der Waals surface area contributed by atoms with Gasteiger partial charge in [0.1, 0.15) is 21.3 Å². The summed E-state index contributed by atoms with van der Waals surface area (Å²) in [7, 11) is 4.01. The quantitative estimate of drug-likeness (QED) is 0.549. The second-order valence-electron chi connectivity index (χ2n) is 7.78. The van der Waals surface area contributed by atoms with Gasteiger partial charge in [-0.05, 0) is 37.1 Å². The highest BCUT2D eigenvalue weighted by atomic mass is 35.5. The summed E-state index contributed by atoms with van der Waals surface area (Å²) in [5, 5.41) is 1.64. The van der Waals surface area contributed by atoms with Crippen LogP contribution in [0.1, 0.15) is 18.5 Å². The van der Waals surface area contributed by atoms with E-state index in [1.165, 1.54) is 0 Å². The zero-order valence-corrected chi connectivity index (χ0v) is 19.8. The Balaban J connectivity index is 1.69. The van der Waals surface area contributed by atoms with E-state index in [0.717, 1.165) is 49.9 Å². The Morgan fingerprint density at radius 1 is 1.32 bits per heavy atom. The lowest BCUT2D eigenvalue weighted by Crippen LogP contribution is -2.37. The van der Waals surface area contributed by atoms with Crippen LogP contribution in [-0.4, -0.2) is 24.3 Å².